The van der Waals surface area contributed by atoms with Crippen LogP contribution in [0.5, 0.6) is 11.5 Å². The van der Waals surface area contributed by atoms with Gasteiger partial charge in [-0.25, -0.2) is 0 Å². The van der Waals surface area contributed by atoms with Gasteiger partial charge in [0, 0.05) is 5.92 Å². The molecule has 0 saturated carbocycles. The van der Waals surface area contributed by atoms with E-state index in [0.29, 0.717) is 6.61 Å². The Morgan fingerprint density at radius 2 is 1.74 bits per heavy atom. The Kier molecular flexibility index (Phi) is 5.80. The van der Waals surface area contributed by atoms with E-state index in [-0.39, 0.29) is 12.3 Å². The highest BCUT2D eigenvalue weighted by Gasteiger charge is 2.11. The molecule has 0 heterocycles. The van der Waals surface area contributed by atoms with Crippen molar-refractivity contribution in [3.8, 4) is 11.5 Å². The summed E-state index contributed by atoms with van der Waals surface area (Å²) in [5.41, 5.74) is 1.96. The molecule has 1 atom stereocenters. The van der Waals surface area contributed by atoms with E-state index in [0.717, 1.165) is 22.6 Å². The highest BCUT2D eigenvalue weighted by molar-refractivity contribution is 5.68. The molecule has 2 rings (SSSR count). The van der Waals surface area contributed by atoms with Crippen LogP contribution in [-0.2, 0) is 11.4 Å². The van der Waals surface area contributed by atoms with Crippen molar-refractivity contribution >= 4 is 5.97 Å². The van der Waals surface area contributed by atoms with Crippen LogP contribution in [0.3, 0.4) is 0 Å². The summed E-state index contributed by atoms with van der Waals surface area (Å²) in [6.07, 6.45) is 1.69. The van der Waals surface area contributed by atoms with Crippen LogP contribution in [0.4, 0.5) is 0 Å². The molecular formula is C19H20O4. The summed E-state index contributed by atoms with van der Waals surface area (Å²) in [7, 11) is 1.63. The Morgan fingerprint density at radius 1 is 1.13 bits per heavy atom. The molecule has 0 aliphatic heterocycles. The molecular weight excluding hydrogens is 292 g/mol. The number of aliphatic carboxylic acids is 1. The maximum atomic E-state index is 10.8. The van der Waals surface area contributed by atoms with Gasteiger partial charge in [0.25, 0.3) is 0 Å². The first-order valence-corrected chi connectivity index (χ1v) is 7.32. The molecule has 2 aromatic rings. The van der Waals surface area contributed by atoms with E-state index in [1.54, 1.807) is 13.2 Å². The Labute approximate surface area is 136 Å². The van der Waals surface area contributed by atoms with Crippen molar-refractivity contribution in [1.29, 1.82) is 0 Å². The van der Waals surface area contributed by atoms with Crippen molar-refractivity contribution in [3.63, 3.8) is 0 Å². The van der Waals surface area contributed by atoms with Gasteiger partial charge in [-0.2, -0.15) is 0 Å². The predicted octanol–water partition coefficient (Wildman–Crippen LogP) is 4.02. The molecule has 4 nitrogen and oxygen atoms in total. The molecule has 0 spiro atoms. The van der Waals surface area contributed by atoms with Crippen LogP contribution in [0.25, 0.3) is 0 Å². The molecule has 0 amide bonds. The van der Waals surface area contributed by atoms with E-state index >= 15 is 0 Å². The van der Waals surface area contributed by atoms with Crippen LogP contribution < -0.4 is 9.47 Å². The molecule has 0 fully saturated rings. The number of carbonyl (C=O) groups is 1. The molecule has 2 aromatic carbocycles. The number of hydrogen-bond acceptors (Lipinski definition) is 3. The average Bonchev–Trinajstić information content (AvgIpc) is 2.58. The molecule has 4 heteroatoms. The average molecular weight is 312 g/mol. The number of carboxylic acids is 1. The number of hydrogen-bond donors (Lipinski definition) is 1. The van der Waals surface area contributed by atoms with Crippen molar-refractivity contribution in [2.24, 2.45) is 0 Å². The minimum absolute atomic E-state index is 0.0373. The maximum Gasteiger partial charge on any atom is 0.304 e. The van der Waals surface area contributed by atoms with E-state index in [1.165, 1.54) is 0 Å². The van der Waals surface area contributed by atoms with Gasteiger partial charge in [-0.05, 0) is 35.4 Å². The summed E-state index contributed by atoms with van der Waals surface area (Å²) < 4.78 is 10.8. The molecule has 0 saturated heterocycles. The second-order valence-corrected chi connectivity index (χ2v) is 5.15. The first kappa shape index (κ1) is 16.6. The van der Waals surface area contributed by atoms with Gasteiger partial charge in [-0.1, -0.05) is 30.3 Å². The summed E-state index contributed by atoms with van der Waals surface area (Å²) in [4.78, 5) is 10.8. The zero-order valence-electron chi connectivity index (χ0n) is 13.1. The molecule has 23 heavy (non-hydrogen) atoms. The van der Waals surface area contributed by atoms with Crippen molar-refractivity contribution in [2.75, 3.05) is 7.11 Å². The predicted molar refractivity (Wildman–Crippen MR) is 89.0 cm³/mol. The first-order chi connectivity index (χ1) is 11.1. The number of benzene rings is 2. The monoisotopic (exact) mass is 312 g/mol. The van der Waals surface area contributed by atoms with Crippen LogP contribution in [0.1, 0.15) is 23.5 Å². The molecule has 0 aromatic heterocycles. The van der Waals surface area contributed by atoms with Crippen LogP contribution >= 0.6 is 0 Å². The van der Waals surface area contributed by atoms with Gasteiger partial charge in [0.1, 0.15) is 18.1 Å². The molecule has 120 valence electrons. The Morgan fingerprint density at radius 3 is 2.26 bits per heavy atom. The summed E-state index contributed by atoms with van der Waals surface area (Å²) in [5, 5.41) is 8.90. The van der Waals surface area contributed by atoms with Crippen molar-refractivity contribution in [2.45, 2.75) is 18.9 Å². The minimum Gasteiger partial charge on any atom is -0.497 e. The third-order valence-corrected chi connectivity index (χ3v) is 3.55. The molecule has 1 N–H and O–H groups in total. The summed E-state index contributed by atoms with van der Waals surface area (Å²) in [5.74, 6) is 0.521. The number of carboxylic acid groups (broad SMARTS) is 1. The van der Waals surface area contributed by atoms with Gasteiger partial charge in [0.15, 0.2) is 0 Å². The first-order valence-electron chi connectivity index (χ1n) is 7.32. The van der Waals surface area contributed by atoms with Crippen LogP contribution in [0.15, 0.2) is 61.2 Å². The lowest BCUT2D eigenvalue weighted by Gasteiger charge is -2.12. The Bertz CT molecular complexity index is 644. The molecule has 0 aliphatic carbocycles. The SMILES string of the molecule is C=CC(CC(=O)O)c1ccc(OCc2ccc(OC)cc2)cc1. The lowest BCUT2D eigenvalue weighted by Crippen LogP contribution is -2.04. The van der Waals surface area contributed by atoms with Gasteiger partial charge in [-0.3, -0.25) is 4.79 Å². The summed E-state index contributed by atoms with van der Waals surface area (Å²) in [6.45, 7) is 4.16. The van der Waals surface area contributed by atoms with Crippen molar-refractivity contribution < 1.29 is 19.4 Å². The standard InChI is InChI=1S/C19H20O4/c1-3-15(12-19(20)21)16-6-10-18(11-7-16)23-13-14-4-8-17(22-2)9-5-14/h3-11,15H,1,12-13H2,2H3,(H,20,21). The zero-order valence-corrected chi connectivity index (χ0v) is 13.1. The summed E-state index contributed by atoms with van der Waals surface area (Å²) in [6, 6.07) is 15.1. The molecule has 1 unspecified atom stereocenters. The molecule has 0 radical (unpaired) electrons. The third-order valence-electron chi connectivity index (χ3n) is 3.55. The highest BCUT2D eigenvalue weighted by atomic mass is 16.5. The van der Waals surface area contributed by atoms with E-state index in [1.807, 2.05) is 48.5 Å². The van der Waals surface area contributed by atoms with E-state index in [2.05, 4.69) is 6.58 Å². The van der Waals surface area contributed by atoms with Gasteiger partial charge in [0.05, 0.1) is 13.5 Å². The Hall–Kier alpha value is -2.75. The lowest BCUT2D eigenvalue weighted by atomic mass is 9.96. The number of methoxy groups -OCH3 is 1. The highest BCUT2D eigenvalue weighted by Crippen LogP contribution is 2.24. The quantitative estimate of drug-likeness (QED) is 0.748. The fourth-order valence-corrected chi connectivity index (χ4v) is 2.23. The van der Waals surface area contributed by atoms with Crippen LogP contribution in [0.2, 0.25) is 0 Å². The second-order valence-electron chi connectivity index (χ2n) is 5.15. The van der Waals surface area contributed by atoms with Gasteiger partial charge < -0.3 is 14.6 Å². The molecule has 0 aliphatic rings. The summed E-state index contributed by atoms with van der Waals surface area (Å²) >= 11 is 0. The third kappa shape index (κ3) is 4.88. The van der Waals surface area contributed by atoms with Crippen molar-refractivity contribution in [1.82, 2.24) is 0 Å². The van der Waals surface area contributed by atoms with E-state index < -0.39 is 5.97 Å². The Balaban J connectivity index is 1.96. The topological polar surface area (TPSA) is 55.8 Å². The number of rotatable bonds is 8. The second kappa shape index (κ2) is 8.03. The number of allylic oxidation sites excluding steroid dienone is 1. The van der Waals surface area contributed by atoms with Gasteiger partial charge in [0.2, 0.25) is 0 Å². The zero-order chi connectivity index (χ0) is 16.7. The van der Waals surface area contributed by atoms with Crippen molar-refractivity contribution in [3.05, 3.63) is 72.3 Å². The van der Waals surface area contributed by atoms with Gasteiger partial charge in [-0.15, -0.1) is 6.58 Å². The number of ether oxygens (including phenoxy) is 2. The maximum absolute atomic E-state index is 10.8. The van der Waals surface area contributed by atoms with E-state index in [4.69, 9.17) is 14.6 Å². The lowest BCUT2D eigenvalue weighted by molar-refractivity contribution is -0.137. The largest absolute Gasteiger partial charge is 0.497 e. The van der Waals surface area contributed by atoms with E-state index in [9.17, 15) is 4.79 Å². The minimum atomic E-state index is -0.838. The van der Waals surface area contributed by atoms with Gasteiger partial charge >= 0.3 is 5.97 Å². The normalized spacial score (nSPS) is 11.5. The fraction of sp³-hybridized carbons (Fsp3) is 0.211. The fourth-order valence-electron chi connectivity index (χ4n) is 2.23. The van der Waals surface area contributed by atoms with Crippen LogP contribution in [-0.4, -0.2) is 18.2 Å². The molecule has 0 bridgehead atoms. The van der Waals surface area contributed by atoms with Crippen LogP contribution in [0, 0.1) is 0 Å². The smallest absolute Gasteiger partial charge is 0.304 e.